The molecule has 1 aliphatic heterocycles. The molecule has 0 aliphatic carbocycles. The Hall–Kier alpha value is -0.870. The van der Waals surface area contributed by atoms with Crippen molar-refractivity contribution >= 4 is 17.2 Å². The van der Waals surface area contributed by atoms with Crippen molar-refractivity contribution in [2.45, 2.75) is 32.7 Å². The van der Waals surface area contributed by atoms with Gasteiger partial charge in [-0.15, -0.1) is 11.3 Å². The Morgan fingerprint density at radius 3 is 2.59 bits per heavy atom. The number of hydrogen-bond donors (Lipinski definition) is 1. The first-order chi connectivity index (χ1) is 8.09. The monoisotopic (exact) mass is 252 g/mol. The number of aryl methyl sites for hydroxylation is 2. The third kappa shape index (κ3) is 2.69. The van der Waals surface area contributed by atoms with Gasteiger partial charge < -0.3 is 10.2 Å². The predicted octanol–water partition coefficient (Wildman–Crippen LogP) is 2.19. The van der Waals surface area contributed by atoms with Gasteiger partial charge in [0.05, 0.1) is 4.88 Å². The van der Waals surface area contributed by atoms with Gasteiger partial charge in [0, 0.05) is 18.0 Å². The SMILES string of the molecule is Cc1cc(C(=O)N(C)C2CCNCC2)sc1C. The zero-order chi connectivity index (χ0) is 12.4. The minimum atomic E-state index is 0.179. The van der Waals surface area contributed by atoms with Crippen molar-refractivity contribution in [3.8, 4) is 0 Å². The molecule has 4 heteroatoms. The summed E-state index contributed by atoms with van der Waals surface area (Å²) >= 11 is 1.61. The van der Waals surface area contributed by atoms with Gasteiger partial charge in [-0.05, 0) is 51.4 Å². The molecule has 0 unspecified atom stereocenters. The van der Waals surface area contributed by atoms with Crippen molar-refractivity contribution in [3.05, 3.63) is 21.4 Å². The molecule has 0 spiro atoms. The summed E-state index contributed by atoms with van der Waals surface area (Å²) in [6, 6.07) is 2.41. The fourth-order valence-electron chi connectivity index (χ4n) is 2.21. The lowest BCUT2D eigenvalue weighted by Gasteiger charge is -2.31. The van der Waals surface area contributed by atoms with E-state index in [2.05, 4.69) is 19.2 Å². The Bertz CT molecular complexity index is 388. The van der Waals surface area contributed by atoms with Crippen LogP contribution >= 0.6 is 11.3 Å². The van der Waals surface area contributed by atoms with E-state index in [0.717, 1.165) is 30.8 Å². The minimum absolute atomic E-state index is 0.179. The molecule has 0 bridgehead atoms. The van der Waals surface area contributed by atoms with Crippen LogP contribution in [0.3, 0.4) is 0 Å². The molecule has 2 heterocycles. The van der Waals surface area contributed by atoms with Crippen molar-refractivity contribution < 1.29 is 4.79 Å². The highest BCUT2D eigenvalue weighted by Crippen LogP contribution is 2.23. The van der Waals surface area contributed by atoms with Gasteiger partial charge in [-0.3, -0.25) is 4.79 Å². The van der Waals surface area contributed by atoms with Crippen LogP contribution in [-0.2, 0) is 0 Å². The normalized spacial score (nSPS) is 17.1. The number of hydrogen-bond acceptors (Lipinski definition) is 3. The lowest BCUT2D eigenvalue weighted by atomic mass is 10.1. The number of rotatable bonds is 2. The van der Waals surface area contributed by atoms with Crippen LogP contribution < -0.4 is 5.32 Å². The van der Waals surface area contributed by atoms with Crippen LogP contribution in [0.15, 0.2) is 6.07 Å². The topological polar surface area (TPSA) is 32.3 Å². The first-order valence-electron chi connectivity index (χ1n) is 6.14. The van der Waals surface area contributed by atoms with Gasteiger partial charge in [0.1, 0.15) is 0 Å². The second-order valence-corrected chi connectivity index (χ2v) is 6.00. The third-order valence-corrected chi connectivity index (χ3v) is 4.69. The molecule has 1 aliphatic rings. The second kappa shape index (κ2) is 5.19. The molecule has 94 valence electrons. The zero-order valence-electron chi connectivity index (χ0n) is 10.7. The van der Waals surface area contributed by atoms with Crippen LogP contribution in [0.1, 0.15) is 33.0 Å². The quantitative estimate of drug-likeness (QED) is 0.875. The highest BCUT2D eigenvalue weighted by Gasteiger charge is 2.23. The second-order valence-electron chi connectivity index (χ2n) is 4.75. The number of amides is 1. The molecule has 1 amide bonds. The average molecular weight is 252 g/mol. The molecule has 1 fully saturated rings. The summed E-state index contributed by atoms with van der Waals surface area (Å²) in [4.78, 5) is 16.4. The smallest absolute Gasteiger partial charge is 0.263 e. The van der Waals surface area contributed by atoms with E-state index >= 15 is 0 Å². The van der Waals surface area contributed by atoms with Crippen LogP contribution in [0.4, 0.5) is 0 Å². The highest BCUT2D eigenvalue weighted by atomic mass is 32.1. The van der Waals surface area contributed by atoms with E-state index in [0.29, 0.717) is 6.04 Å². The van der Waals surface area contributed by atoms with Gasteiger partial charge in [-0.1, -0.05) is 0 Å². The summed E-state index contributed by atoms with van der Waals surface area (Å²) in [5.41, 5.74) is 1.22. The molecule has 3 nitrogen and oxygen atoms in total. The summed E-state index contributed by atoms with van der Waals surface area (Å²) in [6.45, 7) is 6.17. The van der Waals surface area contributed by atoms with E-state index < -0.39 is 0 Å². The summed E-state index contributed by atoms with van der Waals surface area (Å²) < 4.78 is 0. The van der Waals surface area contributed by atoms with Gasteiger partial charge in [0.2, 0.25) is 0 Å². The molecular formula is C13H20N2OS. The van der Waals surface area contributed by atoms with E-state index in [1.807, 2.05) is 18.0 Å². The number of carbonyl (C=O) groups is 1. The van der Waals surface area contributed by atoms with E-state index in [9.17, 15) is 4.79 Å². The number of carbonyl (C=O) groups excluding carboxylic acids is 1. The predicted molar refractivity (Wildman–Crippen MR) is 71.8 cm³/mol. The van der Waals surface area contributed by atoms with Crippen LogP contribution in [0, 0.1) is 13.8 Å². The number of piperidine rings is 1. The summed E-state index contributed by atoms with van der Waals surface area (Å²) in [7, 11) is 1.93. The van der Waals surface area contributed by atoms with E-state index in [4.69, 9.17) is 0 Å². The fourth-order valence-corrected chi connectivity index (χ4v) is 3.23. The van der Waals surface area contributed by atoms with Crippen LogP contribution in [-0.4, -0.2) is 37.0 Å². The van der Waals surface area contributed by atoms with Crippen molar-refractivity contribution in [1.82, 2.24) is 10.2 Å². The first-order valence-corrected chi connectivity index (χ1v) is 6.96. The van der Waals surface area contributed by atoms with E-state index in [1.165, 1.54) is 10.4 Å². The standard InChI is InChI=1S/C13H20N2OS/c1-9-8-12(17-10(9)2)13(16)15(3)11-4-6-14-7-5-11/h8,11,14H,4-7H2,1-3H3. The number of thiophene rings is 1. The maximum atomic E-state index is 12.3. The summed E-state index contributed by atoms with van der Waals surface area (Å²) in [5, 5.41) is 3.33. The third-order valence-electron chi connectivity index (χ3n) is 3.55. The average Bonchev–Trinajstić information content (AvgIpc) is 2.69. The Morgan fingerprint density at radius 1 is 1.41 bits per heavy atom. The van der Waals surface area contributed by atoms with Crippen molar-refractivity contribution in [3.63, 3.8) is 0 Å². The van der Waals surface area contributed by atoms with Crippen LogP contribution in [0.25, 0.3) is 0 Å². The molecule has 1 N–H and O–H groups in total. The molecular weight excluding hydrogens is 232 g/mol. The molecule has 2 rings (SSSR count). The zero-order valence-corrected chi connectivity index (χ0v) is 11.6. The number of nitrogens with zero attached hydrogens (tertiary/aromatic N) is 1. The Balaban J connectivity index is 2.08. The van der Waals surface area contributed by atoms with Crippen molar-refractivity contribution in [1.29, 1.82) is 0 Å². The molecule has 0 aromatic carbocycles. The first kappa shape index (κ1) is 12.6. The van der Waals surface area contributed by atoms with Gasteiger partial charge in [0.25, 0.3) is 5.91 Å². The molecule has 0 saturated carbocycles. The maximum absolute atomic E-state index is 12.3. The Labute approximate surface area is 107 Å². The molecule has 0 atom stereocenters. The van der Waals surface area contributed by atoms with Crippen molar-refractivity contribution in [2.75, 3.05) is 20.1 Å². The van der Waals surface area contributed by atoms with Crippen molar-refractivity contribution in [2.24, 2.45) is 0 Å². The lowest BCUT2D eigenvalue weighted by Crippen LogP contribution is -2.43. The Morgan fingerprint density at radius 2 is 2.06 bits per heavy atom. The summed E-state index contributed by atoms with van der Waals surface area (Å²) in [6.07, 6.45) is 2.12. The van der Waals surface area contributed by atoms with E-state index in [-0.39, 0.29) is 5.91 Å². The van der Waals surface area contributed by atoms with Crippen LogP contribution in [0.5, 0.6) is 0 Å². The largest absolute Gasteiger partial charge is 0.338 e. The van der Waals surface area contributed by atoms with Crippen LogP contribution in [0.2, 0.25) is 0 Å². The fraction of sp³-hybridized carbons (Fsp3) is 0.615. The summed E-state index contributed by atoms with van der Waals surface area (Å²) in [5.74, 6) is 0.179. The van der Waals surface area contributed by atoms with E-state index in [1.54, 1.807) is 11.3 Å². The molecule has 1 saturated heterocycles. The molecule has 1 aromatic heterocycles. The molecule has 0 radical (unpaired) electrons. The van der Waals surface area contributed by atoms with Gasteiger partial charge >= 0.3 is 0 Å². The lowest BCUT2D eigenvalue weighted by molar-refractivity contribution is 0.0708. The maximum Gasteiger partial charge on any atom is 0.263 e. The van der Waals surface area contributed by atoms with Gasteiger partial charge in [0.15, 0.2) is 0 Å². The molecule has 17 heavy (non-hydrogen) atoms. The molecule has 1 aromatic rings. The minimum Gasteiger partial charge on any atom is -0.338 e. The van der Waals surface area contributed by atoms with Gasteiger partial charge in [-0.25, -0.2) is 0 Å². The van der Waals surface area contributed by atoms with Gasteiger partial charge in [-0.2, -0.15) is 0 Å². The Kier molecular flexibility index (Phi) is 3.84. The highest BCUT2D eigenvalue weighted by molar-refractivity contribution is 7.14. The number of nitrogens with one attached hydrogen (secondary N) is 1.